The fraction of sp³-hybridized carbons (Fsp3) is 0.538. The monoisotopic (exact) mass is 207 g/mol. The van der Waals surface area contributed by atoms with Crippen LogP contribution in [0.25, 0.3) is 0 Å². The molecule has 1 unspecified atom stereocenters. The van der Waals surface area contributed by atoms with Gasteiger partial charge in [-0.15, -0.1) is 0 Å². The first-order valence-corrected chi connectivity index (χ1v) is 5.67. The molecule has 1 rings (SSSR count). The minimum absolute atomic E-state index is 0.303. The van der Waals surface area contributed by atoms with Gasteiger partial charge in [-0.25, -0.2) is 0 Å². The van der Waals surface area contributed by atoms with Crippen molar-refractivity contribution in [2.45, 2.75) is 45.6 Å². The zero-order chi connectivity index (χ0) is 11.3. The molecule has 0 heterocycles. The van der Waals surface area contributed by atoms with Crippen LogP contribution in [-0.2, 0) is 6.42 Å². The Morgan fingerprint density at radius 3 is 2.80 bits per heavy atom. The Hall–Kier alpha value is -1.02. The number of phenols is 1. The fourth-order valence-electron chi connectivity index (χ4n) is 1.67. The van der Waals surface area contributed by atoms with Crippen LogP contribution in [0.4, 0.5) is 0 Å². The molecule has 0 aromatic heterocycles. The average molecular weight is 207 g/mol. The third-order valence-electron chi connectivity index (χ3n) is 2.78. The van der Waals surface area contributed by atoms with E-state index in [1.807, 2.05) is 19.1 Å². The molecule has 0 saturated heterocycles. The number of hydrogen-bond acceptors (Lipinski definition) is 2. The SMILES string of the molecule is CCC(N)CCCc1cc(C)ccc1O. The van der Waals surface area contributed by atoms with Crippen LogP contribution in [0.2, 0.25) is 0 Å². The van der Waals surface area contributed by atoms with Crippen molar-refractivity contribution in [1.82, 2.24) is 0 Å². The van der Waals surface area contributed by atoms with Crippen molar-refractivity contribution >= 4 is 0 Å². The minimum Gasteiger partial charge on any atom is -0.508 e. The number of rotatable bonds is 5. The largest absolute Gasteiger partial charge is 0.508 e. The highest BCUT2D eigenvalue weighted by molar-refractivity contribution is 5.35. The van der Waals surface area contributed by atoms with Gasteiger partial charge in [0, 0.05) is 6.04 Å². The van der Waals surface area contributed by atoms with Crippen molar-refractivity contribution in [3.63, 3.8) is 0 Å². The lowest BCUT2D eigenvalue weighted by molar-refractivity contribution is 0.464. The molecule has 0 aliphatic rings. The van der Waals surface area contributed by atoms with Crippen LogP contribution in [0, 0.1) is 6.92 Å². The van der Waals surface area contributed by atoms with Gasteiger partial charge in [0.2, 0.25) is 0 Å². The van der Waals surface area contributed by atoms with Crippen LogP contribution in [0.5, 0.6) is 5.75 Å². The zero-order valence-electron chi connectivity index (χ0n) is 9.66. The molecule has 2 nitrogen and oxygen atoms in total. The second-order valence-corrected chi connectivity index (χ2v) is 4.19. The van der Waals surface area contributed by atoms with Gasteiger partial charge in [-0.3, -0.25) is 0 Å². The van der Waals surface area contributed by atoms with Gasteiger partial charge in [0.15, 0.2) is 0 Å². The highest BCUT2D eigenvalue weighted by Crippen LogP contribution is 2.20. The zero-order valence-corrected chi connectivity index (χ0v) is 9.66. The van der Waals surface area contributed by atoms with Crippen LogP contribution in [0.1, 0.15) is 37.3 Å². The summed E-state index contributed by atoms with van der Waals surface area (Å²) in [6.07, 6.45) is 4.02. The molecule has 1 aromatic rings. The summed E-state index contributed by atoms with van der Waals surface area (Å²) in [7, 11) is 0. The Labute approximate surface area is 92.1 Å². The first-order chi connectivity index (χ1) is 7.13. The van der Waals surface area contributed by atoms with E-state index in [1.165, 1.54) is 5.56 Å². The highest BCUT2D eigenvalue weighted by Gasteiger charge is 2.03. The Balaban J connectivity index is 2.46. The second-order valence-electron chi connectivity index (χ2n) is 4.19. The summed E-state index contributed by atoms with van der Waals surface area (Å²) in [5.74, 6) is 0.408. The van der Waals surface area contributed by atoms with Gasteiger partial charge in [-0.2, -0.15) is 0 Å². The van der Waals surface area contributed by atoms with Crippen molar-refractivity contribution in [3.8, 4) is 5.75 Å². The molecule has 0 aliphatic heterocycles. The van der Waals surface area contributed by atoms with E-state index in [-0.39, 0.29) is 0 Å². The van der Waals surface area contributed by atoms with E-state index in [2.05, 4.69) is 6.92 Å². The third-order valence-corrected chi connectivity index (χ3v) is 2.78. The molecule has 1 atom stereocenters. The Morgan fingerprint density at radius 1 is 1.40 bits per heavy atom. The summed E-state index contributed by atoms with van der Waals surface area (Å²) in [5, 5.41) is 9.63. The third kappa shape index (κ3) is 3.92. The Morgan fingerprint density at radius 2 is 2.13 bits per heavy atom. The van der Waals surface area contributed by atoms with Gasteiger partial charge in [0.1, 0.15) is 5.75 Å². The topological polar surface area (TPSA) is 46.2 Å². The maximum absolute atomic E-state index is 9.63. The fourth-order valence-corrected chi connectivity index (χ4v) is 1.67. The predicted molar refractivity (Wildman–Crippen MR) is 64.0 cm³/mol. The number of nitrogens with two attached hydrogens (primary N) is 1. The standard InChI is InChI=1S/C13H21NO/c1-3-12(14)6-4-5-11-9-10(2)7-8-13(11)15/h7-9,12,15H,3-6,14H2,1-2H3. The molecular formula is C13H21NO. The molecule has 1 aromatic carbocycles. The first-order valence-electron chi connectivity index (χ1n) is 5.67. The second kappa shape index (κ2) is 5.76. The maximum Gasteiger partial charge on any atom is 0.118 e. The van der Waals surface area contributed by atoms with Crippen LogP contribution >= 0.6 is 0 Å². The normalized spacial score (nSPS) is 12.7. The lowest BCUT2D eigenvalue weighted by atomic mass is 10.0. The molecular weight excluding hydrogens is 186 g/mol. The average Bonchev–Trinajstić information content (AvgIpc) is 2.23. The smallest absolute Gasteiger partial charge is 0.118 e. The van der Waals surface area contributed by atoms with Crippen LogP contribution in [0.3, 0.4) is 0 Å². The maximum atomic E-state index is 9.63. The van der Waals surface area contributed by atoms with Gasteiger partial charge >= 0.3 is 0 Å². The first kappa shape index (κ1) is 12.1. The van der Waals surface area contributed by atoms with Gasteiger partial charge in [0.05, 0.1) is 0 Å². The summed E-state index contributed by atoms with van der Waals surface area (Å²) < 4.78 is 0. The molecule has 15 heavy (non-hydrogen) atoms. The van der Waals surface area contributed by atoms with E-state index in [4.69, 9.17) is 5.73 Å². The number of hydrogen-bond donors (Lipinski definition) is 2. The van der Waals surface area contributed by atoms with E-state index in [9.17, 15) is 5.11 Å². The van der Waals surface area contributed by atoms with Crippen LogP contribution in [-0.4, -0.2) is 11.1 Å². The number of benzene rings is 1. The van der Waals surface area contributed by atoms with E-state index < -0.39 is 0 Å². The summed E-state index contributed by atoms with van der Waals surface area (Å²) in [6.45, 7) is 4.15. The molecule has 3 N–H and O–H groups in total. The van der Waals surface area contributed by atoms with E-state index >= 15 is 0 Å². The van der Waals surface area contributed by atoms with Gasteiger partial charge < -0.3 is 10.8 Å². The predicted octanol–water partition coefficient (Wildman–Crippen LogP) is 2.76. The van der Waals surface area contributed by atoms with Crippen LogP contribution < -0.4 is 5.73 Å². The quantitative estimate of drug-likeness (QED) is 0.780. The molecule has 0 saturated carbocycles. The molecule has 2 heteroatoms. The van der Waals surface area contributed by atoms with Crippen molar-refractivity contribution in [2.75, 3.05) is 0 Å². The van der Waals surface area contributed by atoms with Gasteiger partial charge in [-0.1, -0.05) is 24.6 Å². The molecule has 0 aliphatic carbocycles. The summed E-state index contributed by atoms with van der Waals surface area (Å²) in [5.41, 5.74) is 8.08. The molecule has 0 radical (unpaired) electrons. The molecule has 84 valence electrons. The summed E-state index contributed by atoms with van der Waals surface area (Å²) in [4.78, 5) is 0. The van der Waals surface area contributed by atoms with E-state index in [1.54, 1.807) is 6.07 Å². The lowest BCUT2D eigenvalue weighted by Crippen LogP contribution is -2.18. The molecule has 0 bridgehead atoms. The van der Waals surface area contributed by atoms with Crippen LogP contribution in [0.15, 0.2) is 18.2 Å². The molecule has 0 fully saturated rings. The van der Waals surface area contributed by atoms with Crippen molar-refractivity contribution in [1.29, 1.82) is 0 Å². The van der Waals surface area contributed by atoms with E-state index in [0.717, 1.165) is 31.2 Å². The van der Waals surface area contributed by atoms with Crippen molar-refractivity contribution in [3.05, 3.63) is 29.3 Å². The minimum atomic E-state index is 0.303. The van der Waals surface area contributed by atoms with Gasteiger partial charge in [-0.05, 0) is 44.2 Å². The Bertz CT molecular complexity index is 309. The van der Waals surface area contributed by atoms with E-state index in [0.29, 0.717) is 11.8 Å². The van der Waals surface area contributed by atoms with Crippen molar-refractivity contribution in [2.24, 2.45) is 5.73 Å². The number of phenolic OH excluding ortho intramolecular Hbond substituents is 1. The Kier molecular flexibility index (Phi) is 4.63. The molecule has 0 amide bonds. The lowest BCUT2D eigenvalue weighted by Gasteiger charge is -2.09. The number of aryl methyl sites for hydroxylation is 2. The van der Waals surface area contributed by atoms with Crippen molar-refractivity contribution < 1.29 is 5.11 Å². The number of aromatic hydroxyl groups is 1. The molecule has 0 spiro atoms. The summed E-state index contributed by atoms with van der Waals surface area (Å²) >= 11 is 0. The summed E-state index contributed by atoms with van der Waals surface area (Å²) in [6, 6.07) is 6.05. The van der Waals surface area contributed by atoms with Gasteiger partial charge in [0.25, 0.3) is 0 Å². The highest BCUT2D eigenvalue weighted by atomic mass is 16.3.